The molecule has 2 N–H and O–H groups in total. The Labute approximate surface area is 100 Å². The van der Waals surface area contributed by atoms with Gasteiger partial charge in [0.25, 0.3) is 0 Å². The molecule has 1 aliphatic carbocycles. The highest BCUT2D eigenvalue weighted by Crippen LogP contribution is 2.36. The fourth-order valence-corrected chi connectivity index (χ4v) is 2.64. The molecular formula is C13H28N2O. The molecular weight excluding hydrogens is 200 g/mol. The zero-order chi connectivity index (χ0) is 12.2. The van der Waals surface area contributed by atoms with E-state index in [0.29, 0.717) is 12.5 Å². The molecule has 0 aromatic rings. The van der Waals surface area contributed by atoms with Crippen LogP contribution >= 0.6 is 0 Å². The molecule has 0 aromatic carbocycles. The maximum Gasteiger partial charge on any atom is 0.0661 e. The van der Waals surface area contributed by atoms with Crippen LogP contribution in [0, 0.1) is 5.92 Å². The zero-order valence-electron chi connectivity index (χ0n) is 11.3. The van der Waals surface area contributed by atoms with E-state index in [1.165, 1.54) is 19.3 Å². The van der Waals surface area contributed by atoms with Crippen molar-refractivity contribution in [1.82, 2.24) is 4.90 Å². The molecule has 0 saturated heterocycles. The van der Waals surface area contributed by atoms with Crippen molar-refractivity contribution in [1.29, 1.82) is 0 Å². The molecule has 1 atom stereocenters. The van der Waals surface area contributed by atoms with E-state index in [9.17, 15) is 0 Å². The Kier molecular flexibility index (Phi) is 5.22. The van der Waals surface area contributed by atoms with E-state index in [0.717, 1.165) is 19.2 Å². The lowest BCUT2D eigenvalue weighted by molar-refractivity contribution is -0.0216. The van der Waals surface area contributed by atoms with Crippen molar-refractivity contribution in [2.24, 2.45) is 11.7 Å². The zero-order valence-corrected chi connectivity index (χ0v) is 11.3. The molecule has 16 heavy (non-hydrogen) atoms. The number of methoxy groups -OCH3 is 1. The van der Waals surface area contributed by atoms with E-state index in [1.54, 1.807) is 7.11 Å². The van der Waals surface area contributed by atoms with Crippen LogP contribution in [0.25, 0.3) is 0 Å². The summed E-state index contributed by atoms with van der Waals surface area (Å²) in [6.07, 6.45) is 3.85. The van der Waals surface area contributed by atoms with Gasteiger partial charge in [0.15, 0.2) is 0 Å². The predicted molar refractivity (Wildman–Crippen MR) is 68.5 cm³/mol. The summed E-state index contributed by atoms with van der Waals surface area (Å²) in [6.45, 7) is 9.34. The largest absolute Gasteiger partial charge is 0.383 e. The molecule has 1 rings (SSSR count). The van der Waals surface area contributed by atoms with E-state index >= 15 is 0 Å². The molecule has 3 heteroatoms. The molecule has 1 aliphatic rings. The average Bonchev–Trinajstić information content (AvgIpc) is 3.06. The van der Waals surface area contributed by atoms with Crippen molar-refractivity contribution in [3.05, 3.63) is 0 Å². The molecule has 1 saturated carbocycles. The molecule has 0 amide bonds. The van der Waals surface area contributed by atoms with E-state index < -0.39 is 0 Å². The van der Waals surface area contributed by atoms with Crippen molar-refractivity contribution in [2.45, 2.75) is 51.6 Å². The number of rotatable bonds is 8. The molecule has 1 unspecified atom stereocenters. The van der Waals surface area contributed by atoms with Gasteiger partial charge in [-0.3, -0.25) is 4.90 Å². The standard InChI is InChI=1S/C13H28N2O/c1-5-8-15(12-6-7-12)13(9-14,10-16-4)11(2)3/h11-12H,5-10,14H2,1-4H3. The fraction of sp³-hybridized carbons (Fsp3) is 1.00. The van der Waals surface area contributed by atoms with Gasteiger partial charge < -0.3 is 10.5 Å². The van der Waals surface area contributed by atoms with Crippen molar-refractivity contribution < 1.29 is 4.74 Å². The monoisotopic (exact) mass is 228 g/mol. The number of hydrogen-bond acceptors (Lipinski definition) is 3. The first kappa shape index (κ1) is 13.9. The van der Waals surface area contributed by atoms with Gasteiger partial charge in [-0.05, 0) is 31.7 Å². The molecule has 96 valence electrons. The summed E-state index contributed by atoms with van der Waals surface area (Å²) in [5.74, 6) is 0.532. The third kappa shape index (κ3) is 2.76. The summed E-state index contributed by atoms with van der Waals surface area (Å²) in [4.78, 5) is 2.61. The Morgan fingerprint density at radius 2 is 2.06 bits per heavy atom. The van der Waals surface area contributed by atoms with Gasteiger partial charge in [0.05, 0.1) is 12.1 Å². The highest BCUT2D eigenvalue weighted by molar-refractivity contribution is 5.01. The Morgan fingerprint density at radius 3 is 2.38 bits per heavy atom. The highest BCUT2D eigenvalue weighted by Gasteiger charge is 2.45. The van der Waals surface area contributed by atoms with E-state index in [1.807, 2.05) is 0 Å². The van der Waals surface area contributed by atoms with Crippen LogP contribution in [-0.4, -0.2) is 43.3 Å². The smallest absolute Gasteiger partial charge is 0.0661 e. The maximum absolute atomic E-state index is 6.07. The van der Waals surface area contributed by atoms with Gasteiger partial charge in [-0.1, -0.05) is 20.8 Å². The molecule has 0 bridgehead atoms. The Morgan fingerprint density at radius 1 is 1.44 bits per heavy atom. The van der Waals surface area contributed by atoms with Crippen LogP contribution in [-0.2, 0) is 4.74 Å². The van der Waals surface area contributed by atoms with Crippen LogP contribution in [0.1, 0.15) is 40.0 Å². The van der Waals surface area contributed by atoms with Crippen LogP contribution in [0.5, 0.6) is 0 Å². The molecule has 0 aliphatic heterocycles. The topological polar surface area (TPSA) is 38.5 Å². The average molecular weight is 228 g/mol. The van der Waals surface area contributed by atoms with Gasteiger partial charge in [0, 0.05) is 19.7 Å². The van der Waals surface area contributed by atoms with Gasteiger partial charge in [0.2, 0.25) is 0 Å². The molecule has 3 nitrogen and oxygen atoms in total. The minimum Gasteiger partial charge on any atom is -0.383 e. The molecule has 0 heterocycles. The minimum atomic E-state index is 0.0337. The SMILES string of the molecule is CCCN(C1CC1)C(CN)(COC)C(C)C. The molecule has 1 fully saturated rings. The van der Waals surface area contributed by atoms with E-state index in [4.69, 9.17) is 10.5 Å². The van der Waals surface area contributed by atoms with E-state index in [2.05, 4.69) is 25.7 Å². The Balaban J connectivity index is 2.84. The maximum atomic E-state index is 6.07. The summed E-state index contributed by atoms with van der Waals surface area (Å²) < 4.78 is 5.44. The third-order valence-electron chi connectivity index (χ3n) is 3.85. The highest BCUT2D eigenvalue weighted by atomic mass is 16.5. The van der Waals surface area contributed by atoms with Gasteiger partial charge >= 0.3 is 0 Å². The van der Waals surface area contributed by atoms with Crippen LogP contribution in [0.3, 0.4) is 0 Å². The first-order valence-corrected chi connectivity index (χ1v) is 6.58. The lowest BCUT2D eigenvalue weighted by atomic mass is 9.84. The first-order chi connectivity index (χ1) is 7.62. The summed E-state index contributed by atoms with van der Waals surface area (Å²) in [5.41, 5.74) is 6.10. The van der Waals surface area contributed by atoms with Crippen molar-refractivity contribution in [2.75, 3.05) is 26.8 Å². The lowest BCUT2D eigenvalue weighted by Gasteiger charge is -2.46. The quantitative estimate of drug-likeness (QED) is 0.689. The number of hydrogen-bond donors (Lipinski definition) is 1. The van der Waals surface area contributed by atoms with Crippen molar-refractivity contribution in [3.63, 3.8) is 0 Å². The van der Waals surface area contributed by atoms with Crippen LogP contribution in [0.2, 0.25) is 0 Å². The van der Waals surface area contributed by atoms with Crippen LogP contribution in [0.4, 0.5) is 0 Å². The van der Waals surface area contributed by atoms with Crippen LogP contribution in [0.15, 0.2) is 0 Å². The Bertz CT molecular complexity index is 204. The summed E-state index contributed by atoms with van der Waals surface area (Å²) in [5, 5.41) is 0. The third-order valence-corrected chi connectivity index (χ3v) is 3.85. The molecule has 0 spiro atoms. The summed E-state index contributed by atoms with van der Waals surface area (Å²) >= 11 is 0. The van der Waals surface area contributed by atoms with Gasteiger partial charge in [0.1, 0.15) is 0 Å². The lowest BCUT2D eigenvalue weighted by Crippen LogP contribution is -2.61. The summed E-state index contributed by atoms with van der Waals surface area (Å²) in [7, 11) is 1.78. The van der Waals surface area contributed by atoms with Crippen molar-refractivity contribution in [3.8, 4) is 0 Å². The Hall–Kier alpha value is -0.120. The van der Waals surface area contributed by atoms with Gasteiger partial charge in [-0.15, -0.1) is 0 Å². The number of ether oxygens (including phenoxy) is 1. The number of nitrogens with two attached hydrogens (primary N) is 1. The molecule has 0 radical (unpaired) electrons. The normalized spacial score (nSPS) is 20.4. The van der Waals surface area contributed by atoms with Crippen LogP contribution < -0.4 is 5.73 Å². The van der Waals surface area contributed by atoms with E-state index in [-0.39, 0.29) is 5.54 Å². The minimum absolute atomic E-state index is 0.0337. The summed E-state index contributed by atoms with van der Waals surface area (Å²) in [6, 6.07) is 0.751. The second kappa shape index (κ2) is 5.99. The second-order valence-corrected chi connectivity index (χ2v) is 5.32. The fourth-order valence-electron chi connectivity index (χ4n) is 2.64. The first-order valence-electron chi connectivity index (χ1n) is 6.58. The number of nitrogens with zero attached hydrogens (tertiary/aromatic N) is 1. The van der Waals surface area contributed by atoms with Crippen molar-refractivity contribution >= 4 is 0 Å². The van der Waals surface area contributed by atoms with Gasteiger partial charge in [-0.2, -0.15) is 0 Å². The molecule has 0 aromatic heterocycles. The predicted octanol–water partition coefficient (Wildman–Crippen LogP) is 1.86. The van der Waals surface area contributed by atoms with Gasteiger partial charge in [-0.25, -0.2) is 0 Å². The second-order valence-electron chi connectivity index (χ2n) is 5.32.